The zero-order valence-corrected chi connectivity index (χ0v) is 16.2. The molecule has 0 saturated heterocycles. The second-order valence-electron chi connectivity index (χ2n) is 5.67. The van der Waals surface area contributed by atoms with Gasteiger partial charge < -0.3 is 20.1 Å². The second kappa shape index (κ2) is 10.9. The molecule has 0 spiro atoms. The van der Waals surface area contributed by atoms with Gasteiger partial charge in [0.25, 0.3) is 0 Å². The average molecular weight is 415 g/mol. The van der Waals surface area contributed by atoms with Crippen LogP contribution >= 0.6 is 23.2 Å². The van der Waals surface area contributed by atoms with Crippen molar-refractivity contribution in [2.45, 2.75) is 32.2 Å². The molecule has 0 amide bonds. The molecule has 27 heavy (non-hydrogen) atoms. The largest absolute Gasteiger partial charge is 0.479 e. The lowest BCUT2D eigenvalue weighted by Gasteiger charge is -2.14. The third kappa shape index (κ3) is 7.19. The monoisotopic (exact) mass is 414 g/mol. The van der Waals surface area contributed by atoms with E-state index < -0.39 is 24.1 Å². The summed E-state index contributed by atoms with van der Waals surface area (Å²) in [4.78, 5) is 21.7. The summed E-state index contributed by atoms with van der Waals surface area (Å²) in [5.41, 5.74) is 0.580. The van der Waals surface area contributed by atoms with Gasteiger partial charge in [0.05, 0.1) is 6.10 Å². The Hall–Kier alpha value is -2.12. The van der Waals surface area contributed by atoms with Gasteiger partial charge in [0.1, 0.15) is 0 Å². The number of hydrogen-bond acceptors (Lipinski definition) is 5. The van der Waals surface area contributed by atoms with E-state index in [-0.39, 0.29) is 16.7 Å². The van der Waals surface area contributed by atoms with Gasteiger partial charge in [-0.05, 0) is 26.0 Å². The van der Waals surface area contributed by atoms with E-state index in [0.29, 0.717) is 10.6 Å². The van der Waals surface area contributed by atoms with Crippen LogP contribution in [0.3, 0.4) is 0 Å². The minimum absolute atomic E-state index is 0.215. The number of hydrogen-bond donors (Lipinski definition) is 3. The highest BCUT2D eigenvalue weighted by Crippen LogP contribution is 2.24. The molecule has 0 saturated carbocycles. The number of carbonyl (C=O) groups excluding carboxylic acids is 1. The third-order valence-electron chi connectivity index (χ3n) is 3.21. The van der Waals surface area contributed by atoms with Gasteiger partial charge in [-0.2, -0.15) is 0 Å². The van der Waals surface area contributed by atoms with E-state index in [1.807, 2.05) is 0 Å². The van der Waals surface area contributed by atoms with Gasteiger partial charge in [-0.3, -0.25) is 0 Å². The number of aliphatic carboxylic acids is 1. The fourth-order valence-electron chi connectivity index (χ4n) is 1.95. The fourth-order valence-corrected chi connectivity index (χ4v) is 2.43. The number of ether oxygens (including phenoxy) is 1. The maximum Gasteiger partial charge on any atom is 0.339 e. The molecule has 2 aromatic carbocycles. The Labute approximate surface area is 166 Å². The third-order valence-corrected chi connectivity index (χ3v) is 3.90. The van der Waals surface area contributed by atoms with Crippen molar-refractivity contribution in [1.82, 2.24) is 0 Å². The lowest BCUT2D eigenvalue weighted by molar-refractivity contribution is -0.157. The van der Waals surface area contributed by atoms with Gasteiger partial charge in [-0.1, -0.05) is 59.6 Å². The van der Waals surface area contributed by atoms with Crippen LogP contribution in [0.15, 0.2) is 48.5 Å². The van der Waals surface area contributed by atoms with E-state index in [9.17, 15) is 14.7 Å². The van der Waals surface area contributed by atoms with Crippen molar-refractivity contribution in [3.63, 3.8) is 0 Å². The maximum atomic E-state index is 11.4. The van der Waals surface area contributed by atoms with Crippen LogP contribution in [-0.4, -0.2) is 33.4 Å². The average Bonchev–Trinajstić information content (AvgIpc) is 2.61. The number of esters is 1. The van der Waals surface area contributed by atoms with Crippen molar-refractivity contribution in [1.29, 1.82) is 0 Å². The number of aliphatic hydroxyl groups is 2. The van der Waals surface area contributed by atoms with Crippen LogP contribution in [0.4, 0.5) is 0 Å². The summed E-state index contributed by atoms with van der Waals surface area (Å²) in [5, 5.41) is 27.8. The summed E-state index contributed by atoms with van der Waals surface area (Å²) in [5.74, 6) is -1.98. The summed E-state index contributed by atoms with van der Waals surface area (Å²) < 4.78 is 4.87. The number of benzene rings is 2. The van der Waals surface area contributed by atoms with Crippen molar-refractivity contribution < 1.29 is 29.6 Å². The van der Waals surface area contributed by atoms with Crippen LogP contribution in [0, 0.1) is 0 Å². The first-order valence-corrected chi connectivity index (χ1v) is 8.69. The first-order chi connectivity index (χ1) is 12.6. The van der Waals surface area contributed by atoms with Crippen LogP contribution in [0.5, 0.6) is 0 Å². The summed E-state index contributed by atoms with van der Waals surface area (Å²) in [7, 11) is 0. The van der Waals surface area contributed by atoms with Crippen molar-refractivity contribution in [2.24, 2.45) is 0 Å². The highest BCUT2D eigenvalue weighted by Gasteiger charge is 2.22. The maximum absolute atomic E-state index is 11.4. The van der Waals surface area contributed by atoms with E-state index in [1.165, 1.54) is 12.1 Å². The quantitative estimate of drug-likeness (QED) is 0.642. The molecule has 2 aromatic rings. The van der Waals surface area contributed by atoms with Crippen LogP contribution in [0.1, 0.15) is 37.2 Å². The van der Waals surface area contributed by atoms with Crippen molar-refractivity contribution in [3.05, 3.63) is 69.7 Å². The predicted molar refractivity (Wildman–Crippen MR) is 102 cm³/mol. The summed E-state index contributed by atoms with van der Waals surface area (Å²) in [6, 6.07) is 12.9. The normalized spacial score (nSPS) is 12.6. The molecule has 0 radical (unpaired) electrons. The molecule has 0 heterocycles. The molecule has 2 rings (SSSR count). The Balaban J connectivity index is 0.000000277. The van der Waals surface area contributed by atoms with Gasteiger partial charge in [0.2, 0.25) is 0 Å². The van der Waals surface area contributed by atoms with Gasteiger partial charge in [0, 0.05) is 21.2 Å². The highest BCUT2D eigenvalue weighted by molar-refractivity contribution is 6.31. The molecule has 1 unspecified atom stereocenters. The van der Waals surface area contributed by atoms with Crippen molar-refractivity contribution in [3.8, 4) is 0 Å². The Morgan fingerprint density at radius 3 is 1.63 bits per heavy atom. The molecule has 6 nitrogen and oxygen atoms in total. The highest BCUT2D eigenvalue weighted by atomic mass is 35.5. The first kappa shape index (κ1) is 22.9. The molecule has 146 valence electrons. The summed E-state index contributed by atoms with van der Waals surface area (Å²) >= 11 is 11.5. The molecular formula is C19H20Cl2O6. The lowest BCUT2D eigenvalue weighted by atomic mass is 10.1. The van der Waals surface area contributed by atoms with Crippen LogP contribution < -0.4 is 0 Å². The molecule has 0 aliphatic carbocycles. The molecule has 0 bridgehead atoms. The number of aliphatic hydroxyl groups excluding tert-OH is 2. The topological polar surface area (TPSA) is 104 Å². The Morgan fingerprint density at radius 2 is 1.26 bits per heavy atom. The minimum atomic E-state index is -1.54. The van der Waals surface area contributed by atoms with E-state index in [2.05, 4.69) is 0 Å². The zero-order chi connectivity index (χ0) is 20.6. The standard InChI is InChI=1S/C11H13ClO3.C8H7ClO3/c1-7(2)15-11(14)10(13)8-5-3-4-6-9(8)12;9-6-4-2-1-3-5(6)7(10)8(11)12/h3-7,10,13H,1-2H3;1-4,7,10H,(H,11,12)/t;7-/m.1/s1. The second-order valence-corrected chi connectivity index (χ2v) is 6.49. The molecule has 0 aliphatic rings. The Morgan fingerprint density at radius 1 is 0.852 bits per heavy atom. The van der Waals surface area contributed by atoms with E-state index in [1.54, 1.807) is 50.2 Å². The molecule has 2 atom stereocenters. The molecule has 3 N–H and O–H groups in total. The summed E-state index contributed by atoms with van der Waals surface area (Å²) in [6.45, 7) is 3.44. The van der Waals surface area contributed by atoms with Gasteiger partial charge in [-0.15, -0.1) is 0 Å². The number of carbonyl (C=O) groups is 2. The summed E-state index contributed by atoms with van der Waals surface area (Å²) in [6.07, 6.45) is -3.12. The number of carboxylic acid groups (broad SMARTS) is 1. The van der Waals surface area contributed by atoms with E-state index in [4.69, 9.17) is 38.2 Å². The zero-order valence-electron chi connectivity index (χ0n) is 14.7. The van der Waals surface area contributed by atoms with Crippen LogP contribution in [-0.2, 0) is 14.3 Å². The number of rotatable bonds is 5. The molecule has 8 heteroatoms. The molecule has 0 fully saturated rings. The van der Waals surface area contributed by atoms with E-state index >= 15 is 0 Å². The molecule has 0 aromatic heterocycles. The first-order valence-electron chi connectivity index (χ1n) is 7.93. The Bertz CT molecular complexity index is 778. The van der Waals surface area contributed by atoms with Crippen LogP contribution in [0.2, 0.25) is 10.0 Å². The van der Waals surface area contributed by atoms with Crippen LogP contribution in [0.25, 0.3) is 0 Å². The minimum Gasteiger partial charge on any atom is -0.479 e. The van der Waals surface area contributed by atoms with Crippen molar-refractivity contribution >= 4 is 35.1 Å². The van der Waals surface area contributed by atoms with Crippen molar-refractivity contribution in [2.75, 3.05) is 0 Å². The predicted octanol–water partition coefficient (Wildman–Crippen LogP) is 3.78. The number of halogens is 2. The van der Waals surface area contributed by atoms with Gasteiger partial charge >= 0.3 is 11.9 Å². The number of carboxylic acids is 1. The van der Waals surface area contributed by atoms with Gasteiger partial charge in [0.15, 0.2) is 12.2 Å². The SMILES string of the molecule is CC(C)OC(=O)C(O)c1ccccc1Cl.O=C(O)[C@H](O)c1ccccc1Cl. The Kier molecular flexibility index (Phi) is 9.25. The lowest BCUT2D eigenvalue weighted by Crippen LogP contribution is -2.19. The smallest absolute Gasteiger partial charge is 0.339 e. The van der Waals surface area contributed by atoms with Gasteiger partial charge in [-0.25, -0.2) is 9.59 Å². The van der Waals surface area contributed by atoms with E-state index in [0.717, 1.165) is 0 Å². The molecular weight excluding hydrogens is 395 g/mol. The fraction of sp³-hybridized carbons (Fsp3) is 0.263. The molecule has 0 aliphatic heterocycles.